The van der Waals surface area contributed by atoms with Crippen molar-refractivity contribution in [2.75, 3.05) is 19.7 Å². The number of carbonyl (C=O) groups is 1. The van der Waals surface area contributed by atoms with Crippen LogP contribution in [0.15, 0.2) is 10.6 Å². The van der Waals surface area contributed by atoms with Gasteiger partial charge in [0.25, 0.3) is 0 Å². The van der Waals surface area contributed by atoms with Crippen LogP contribution >= 0.6 is 0 Å². The Labute approximate surface area is 124 Å². The van der Waals surface area contributed by atoms with Crippen molar-refractivity contribution in [3.8, 4) is 0 Å². The molecule has 3 heterocycles. The smallest absolute Gasteiger partial charge is 0.318 e. The van der Waals surface area contributed by atoms with Crippen LogP contribution in [0.2, 0.25) is 0 Å². The molecule has 116 valence electrons. The number of likely N-dealkylation sites (tertiary alicyclic amines) is 1. The maximum absolute atomic E-state index is 12.4. The zero-order chi connectivity index (χ0) is 14.7. The Bertz CT molecular complexity index is 482. The standard InChI is InChI=1S/C15H23N3O3/c1-2-11-9-14(21-17-11)13-6-3-7-18(13)15(19)16-10-12-5-4-8-20-12/h9,12-13H,2-8,10H2,1H3,(H,16,19)/t12-,13+/m0/s1. The second-order valence-corrected chi connectivity index (χ2v) is 5.75. The number of ether oxygens (including phenoxy) is 1. The minimum absolute atomic E-state index is 0.0160. The highest BCUT2D eigenvalue weighted by atomic mass is 16.5. The fourth-order valence-corrected chi connectivity index (χ4v) is 3.07. The topological polar surface area (TPSA) is 67.6 Å². The van der Waals surface area contributed by atoms with E-state index in [9.17, 15) is 4.79 Å². The van der Waals surface area contributed by atoms with Gasteiger partial charge in [-0.05, 0) is 32.1 Å². The van der Waals surface area contributed by atoms with Crippen molar-refractivity contribution < 1.29 is 14.1 Å². The molecule has 0 unspecified atom stereocenters. The van der Waals surface area contributed by atoms with Crippen LogP contribution in [0.1, 0.15) is 50.1 Å². The molecular weight excluding hydrogens is 270 g/mol. The van der Waals surface area contributed by atoms with Gasteiger partial charge in [-0.15, -0.1) is 0 Å². The van der Waals surface area contributed by atoms with Crippen molar-refractivity contribution in [2.45, 2.75) is 51.2 Å². The minimum Gasteiger partial charge on any atom is -0.376 e. The molecule has 6 heteroatoms. The molecule has 3 rings (SSSR count). The van der Waals surface area contributed by atoms with Gasteiger partial charge in [-0.2, -0.15) is 0 Å². The molecule has 2 atom stereocenters. The second-order valence-electron chi connectivity index (χ2n) is 5.75. The number of aromatic nitrogens is 1. The summed E-state index contributed by atoms with van der Waals surface area (Å²) in [5, 5.41) is 7.02. The first-order chi connectivity index (χ1) is 10.3. The summed E-state index contributed by atoms with van der Waals surface area (Å²) in [5.74, 6) is 0.802. The van der Waals surface area contributed by atoms with E-state index < -0.39 is 0 Å². The second kappa shape index (κ2) is 6.47. The van der Waals surface area contributed by atoms with Crippen molar-refractivity contribution >= 4 is 6.03 Å². The molecule has 0 radical (unpaired) electrons. The molecule has 2 aliphatic heterocycles. The summed E-state index contributed by atoms with van der Waals surface area (Å²) in [6.07, 6.45) is 5.08. The molecule has 2 aliphatic rings. The molecule has 2 saturated heterocycles. The predicted octanol–water partition coefficient (Wildman–Crippen LogP) is 2.26. The quantitative estimate of drug-likeness (QED) is 0.924. The Hall–Kier alpha value is -1.56. The third kappa shape index (κ3) is 3.20. The number of carbonyl (C=O) groups excluding carboxylic acids is 1. The Kier molecular flexibility index (Phi) is 4.43. The number of hydrogen-bond acceptors (Lipinski definition) is 4. The highest BCUT2D eigenvalue weighted by Crippen LogP contribution is 2.32. The molecule has 0 spiro atoms. The van der Waals surface area contributed by atoms with E-state index in [-0.39, 0.29) is 18.2 Å². The Morgan fingerprint density at radius 2 is 2.38 bits per heavy atom. The van der Waals surface area contributed by atoms with Gasteiger partial charge < -0.3 is 19.5 Å². The number of nitrogens with one attached hydrogen (secondary N) is 1. The number of amides is 2. The average molecular weight is 293 g/mol. The van der Waals surface area contributed by atoms with Gasteiger partial charge in [0.05, 0.1) is 17.8 Å². The van der Waals surface area contributed by atoms with E-state index >= 15 is 0 Å². The molecule has 0 aromatic carbocycles. The molecule has 1 N–H and O–H groups in total. The Morgan fingerprint density at radius 1 is 1.48 bits per heavy atom. The van der Waals surface area contributed by atoms with Crippen molar-refractivity contribution in [3.63, 3.8) is 0 Å². The van der Waals surface area contributed by atoms with Crippen molar-refractivity contribution in [1.29, 1.82) is 0 Å². The first kappa shape index (κ1) is 14.4. The Morgan fingerprint density at radius 3 is 3.10 bits per heavy atom. The molecule has 2 fully saturated rings. The lowest BCUT2D eigenvalue weighted by Gasteiger charge is -2.23. The predicted molar refractivity (Wildman–Crippen MR) is 76.9 cm³/mol. The largest absolute Gasteiger partial charge is 0.376 e. The van der Waals surface area contributed by atoms with Crippen LogP contribution in [0.25, 0.3) is 0 Å². The lowest BCUT2D eigenvalue weighted by molar-refractivity contribution is 0.108. The number of rotatable bonds is 4. The first-order valence-electron chi connectivity index (χ1n) is 7.89. The van der Waals surface area contributed by atoms with Crippen LogP contribution < -0.4 is 5.32 Å². The van der Waals surface area contributed by atoms with Gasteiger partial charge in [-0.25, -0.2) is 4.79 Å². The summed E-state index contributed by atoms with van der Waals surface area (Å²) < 4.78 is 10.9. The van der Waals surface area contributed by atoms with E-state index in [0.717, 1.165) is 56.7 Å². The van der Waals surface area contributed by atoms with Gasteiger partial charge in [0.1, 0.15) is 0 Å². The van der Waals surface area contributed by atoms with Crippen LogP contribution in [0.5, 0.6) is 0 Å². The third-order valence-electron chi connectivity index (χ3n) is 4.29. The van der Waals surface area contributed by atoms with Crippen LogP contribution in [-0.4, -0.2) is 41.9 Å². The summed E-state index contributed by atoms with van der Waals surface area (Å²) >= 11 is 0. The number of aryl methyl sites for hydroxylation is 1. The summed E-state index contributed by atoms with van der Waals surface area (Å²) in [6, 6.07) is 1.96. The summed E-state index contributed by atoms with van der Waals surface area (Å²) in [7, 11) is 0. The minimum atomic E-state index is -0.0255. The van der Waals surface area contributed by atoms with E-state index in [1.54, 1.807) is 0 Å². The molecule has 0 aliphatic carbocycles. The maximum Gasteiger partial charge on any atom is 0.318 e. The van der Waals surface area contributed by atoms with Crippen molar-refractivity contribution in [2.24, 2.45) is 0 Å². The number of urea groups is 1. The maximum atomic E-state index is 12.4. The number of hydrogen-bond donors (Lipinski definition) is 1. The molecular formula is C15H23N3O3. The van der Waals surface area contributed by atoms with E-state index in [2.05, 4.69) is 10.5 Å². The third-order valence-corrected chi connectivity index (χ3v) is 4.29. The van der Waals surface area contributed by atoms with Gasteiger partial charge in [0, 0.05) is 25.8 Å². The SMILES string of the molecule is CCc1cc([C@H]2CCCN2C(=O)NC[C@@H]2CCCO2)on1. The van der Waals surface area contributed by atoms with Crippen LogP contribution in [0, 0.1) is 0 Å². The fraction of sp³-hybridized carbons (Fsp3) is 0.733. The molecule has 0 saturated carbocycles. The molecule has 1 aromatic heterocycles. The molecule has 2 amide bonds. The average Bonchev–Trinajstić information content (AvgIpc) is 3.23. The zero-order valence-electron chi connectivity index (χ0n) is 12.5. The fourth-order valence-electron chi connectivity index (χ4n) is 3.07. The normalized spacial score (nSPS) is 25.5. The van der Waals surface area contributed by atoms with Gasteiger partial charge in [0.15, 0.2) is 5.76 Å². The van der Waals surface area contributed by atoms with Gasteiger partial charge in [-0.1, -0.05) is 12.1 Å². The van der Waals surface area contributed by atoms with Crippen molar-refractivity contribution in [1.82, 2.24) is 15.4 Å². The number of nitrogens with zero attached hydrogens (tertiary/aromatic N) is 2. The van der Waals surface area contributed by atoms with E-state index in [0.29, 0.717) is 6.54 Å². The summed E-state index contributed by atoms with van der Waals surface area (Å²) in [5.41, 5.74) is 0.941. The van der Waals surface area contributed by atoms with Gasteiger partial charge in [0.2, 0.25) is 0 Å². The van der Waals surface area contributed by atoms with Gasteiger partial charge in [-0.3, -0.25) is 0 Å². The van der Waals surface area contributed by atoms with Crippen LogP contribution in [-0.2, 0) is 11.2 Å². The van der Waals surface area contributed by atoms with Crippen molar-refractivity contribution in [3.05, 3.63) is 17.5 Å². The lowest BCUT2D eigenvalue weighted by atomic mass is 10.1. The first-order valence-corrected chi connectivity index (χ1v) is 7.89. The lowest BCUT2D eigenvalue weighted by Crippen LogP contribution is -2.42. The van der Waals surface area contributed by atoms with E-state index in [4.69, 9.17) is 9.26 Å². The van der Waals surface area contributed by atoms with E-state index in [1.807, 2.05) is 17.9 Å². The molecule has 1 aromatic rings. The summed E-state index contributed by atoms with van der Waals surface area (Å²) in [6.45, 7) is 4.22. The Balaban J connectivity index is 1.58. The molecule has 0 bridgehead atoms. The highest BCUT2D eigenvalue weighted by molar-refractivity contribution is 5.75. The highest BCUT2D eigenvalue weighted by Gasteiger charge is 2.33. The van der Waals surface area contributed by atoms with Gasteiger partial charge >= 0.3 is 6.03 Å². The molecule has 6 nitrogen and oxygen atoms in total. The summed E-state index contributed by atoms with van der Waals surface area (Å²) in [4.78, 5) is 14.2. The van der Waals surface area contributed by atoms with E-state index in [1.165, 1.54) is 0 Å². The molecule has 21 heavy (non-hydrogen) atoms. The van der Waals surface area contributed by atoms with Crippen LogP contribution in [0.4, 0.5) is 4.79 Å². The zero-order valence-corrected chi connectivity index (χ0v) is 12.5. The van der Waals surface area contributed by atoms with Crippen LogP contribution in [0.3, 0.4) is 0 Å². The monoisotopic (exact) mass is 293 g/mol.